The van der Waals surface area contributed by atoms with E-state index in [9.17, 15) is 31.1 Å². The van der Waals surface area contributed by atoms with Gasteiger partial charge in [0.2, 0.25) is 0 Å². The zero-order chi connectivity index (χ0) is 17.8. The van der Waals surface area contributed by atoms with Gasteiger partial charge < -0.3 is 14.2 Å². The van der Waals surface area contributed by atoms with Gasteiger partial charge in [-0.3, -0.25) is 4.79 Å². The molecule has 0 unspecified atom stereocenters. The summed E-state index contributed by atoms with van der Waals surface area (Å²) in [6.07, 6.45) is -11.1. The summed E-state index contributed by atoms with van der Waals surface area (Å²) in [5.74, 6) is -3.04. The largest absolute Gasteiger partial charge is 0.573 e. The Bertz CT molecular complexity index is 570. The Hall–Kier alpha value is -2.20. The molecule has 1 heterocycles. The third kappa shape index (κ3) is 5.49. The third-order valence-electron chi connectivity index (χ3n) is 2.35. The summed E-state index contributed by atoms with van der Waals surface area (Å²) in [6, 6.07) is 0.246. The van der Waals surface area contributed by atoms with E-state index >= 15 is 0 Å². The number of esters is 1. The van der Waals surface area contributed by atoms with Crippen molar-refractivity contribution in [2.75, 3.05) is 13.7 Å². The molecule has 0 aliphatic heterocycles. The van der Waals surface area contributed by atoms with Crippen molar-refractivity contribution in [3.05, 3.63) is 17.5 Å². The second-order valence-corrected chi connectivity index (χ2v) is 4.01. The Morgan fingerprint density at radius 3 is 2.26 bits per heavy atom. The molecule has 0 aliphatic carbocycles. The highest BCUT2D eigenvalue weighted by Gasteiger charge is 2.38. The molecule has 0 atom stereocenters. The molecule has 11 heteroatoms. The Kier molecular flexibility index (Phi) is 5.67. The van der Waals surface area contributed by atoms with Crippen LogP contribution in [0.15, 0.2) is 6.07 Å². The summed E-state index contributed by atoms with van der Waals surface area (Å²) in [5.41, 5.74) is -2.42. The fourth-order valence-electron chi connectivity index (χ4n) is 1.55. The Balaban J connectivity index is 3.41. The third-order valence-corrected chi connectivity index (χ3v) is 2.35. The van der Waals surface area contributed by atoms with Crippen LogP contribution in [0.4, 0.5) is 26.3 Å². The van der Waals surface area contributed by atoms with E-state index < -0.39 is 47.8 Å². The van der Waals surface area contributed by atoms with Crippen molar-refractivity contribution in [3.63, 3.8) is 0 Å². The van der Waals surface area contributed by atoms with E-state index in [0.717, 1.165) is 7.11 Å². The van der Waals surface area contributed by atoms with Gasteiger partial charge in [-0.2, -0.15) is 13.2 Å². The van der Waals surface area contributed by atoms with Crippen LogP contribution in [0.1, 0.15) is 18.3 Å². The van der Waals surface area contributed by atoms with Gasteiger partial charge in [0.15, 0.2) is 11.5 Å². The monoisotopic (exact) mass is 347 g/mol. The molecule has 0 aliphatic rings. The SMILES string of the molecule is CCOC(=O)Cc1nc(C(F)(F)F)cc(OC)c1OC(F)(F)F. The van der Waals surface area contributed by atoms with E-state index in [1.165, 1.54) is 6.92 Å². The number of carbonyl (C=O) groups is 1. The minimum atomic E-state index is -5.21. The van der Waals surface area contributed by atoms with Crippen LogP contribution in [-0.2, 0) is 22.1 Å². The molecule has 0 radical (unpaired) electrons. The van der Waals surface area contributed by atoms with E-state index in [-0.39, 0.29) is 12.7 Å². The lowest BCUT2D eigenvalue weighted by Gasteiger charge is -2.17. The van der Waals surface area contributed by atoms with Crippen LogP contribution >= 0.6 is 0 Å². The second-order valence-electron chi connectivity index (χ2n) is 4.01. The second kappa shape index (κ2) is 6.92. The fourth-order valence-corrected chi connectivity index (χ4v) is 1.55. The molecule has 0 amide bonds. The predicted octanol–water partition coefficient (Wildman–Crippen LogP) is 3.11. The van der Waals surface area contributed by atoms with Crippen molar-refractivity contribution in [1.29, 1.82) is 0 Å². The number of aromatic nitrogens is 1. The first-order chi connectivity index (χ1) is 10.5. The van der Waals surface area contributed by atoms with Crippen LogP contribution in [-0.4, -0.2) is 31.0 Å². The lowest BCUT2D eigenvalue weighted by atomic mass is 10.2. The highest BCUT2D eigenvalue weighted by atomic mass is 19.4. The highest BCUT2D eigenvalue weighted by molar-refractivity contribution is 5.73. The maximum atomic E-state index is 12.7. The minimum Gasteiger partial charge on any atom is -0.493 e. The standard InChI is InChI=1S/C12H11F6NO4/c1-3-22-9(20)4-6-10(23-12(16,17)18)7(21-2)5-8(19-6)11(13,14)15/h5H,3-4H2,1-2H3. The number of hydrogen-bond acceptors (Lipinski definition) is 5. The van der Waals surface area contributed by atoms with Gasteiger partial charge in [-0.25, -0.2) is 4.98 Å². The molecule has 5 nitrogen and oxygen atoms in total. The van der Waals surface area contributed by atoms with Gasteiger partial charge in [0.25, 0.3) is 0 Å². The molecule has 1 rings (SSSR count). The van der Waals surface area contributed by atoms with Crippen LogP contribution in [0, 0.1) is 0 Å². The van der Waals surface area contributed by atoms with Crippen LogP contribution in [0.5, 0.6) is 11.5 Å². The normalized spacial score (nSPS) is 12.0. The van der Waals surface area contributed by atoms with Crippen molar-refractivity contribution < 1.29 is 45.3 Å². The number of pyridine rings is 1. The van der Waals surface area contributed by atoms with Crippen molar-refractivity contribution in [1.82, 2.24) is 4.98 Å². The van der Waals surface area contributed by atoms with Crippen LogP contribution in [0.3, 0.4) is 0 Å². The number of hydrogen-bond donors (Lipinski definition) is 0. The smallest absolute Gasteiger partial charge is 0.493 e. The van der Waals surface area contributed by atoms with E-state index in [1.807, 2.05) is 0 Å². The molecule has 0 saturated carbocycles. The van der Waals surface area contributed by atoms with Gasteiger partial charge >= 0.3 is 18.5 Å². The van der Waals surface area contributed by atoms with Gasteiger partial charge in [-0.1, -0.05) is 0 Å². The molecule has 23 heavy (non-hydrogen) atoms. The van der Waals surface area contributed by atoms with E-state index in [4.69, 9.17) is 0 Å². The zero-order valence-electron chi connectivity index (χ0n) is 11.8. The van der Waals surface area contributed by atoms with Crippen molar-refractivity contribution in [2.45, 2.75) is 25.9 Å². The number of rotatable bonds is 5. The van der Waals surface area contributed by atoms with Crippen molar-refractivity contribution in [3.8, 4) is 11.5 Å². The number of nitrogens with zero attached hydrogens (tertiary/aromatic N) is 1. The predicted molar refractivity (Wildman–Crippen MR) is 62.8 cm³/mol. The summed E-state index contributed by atoms with van der Waals surface area (Å²) >= 11 is 0. The number of ether oxygens (including phenoxy) is 3. The molecule has 0 aromatic carbocycles. The number of methoxy groups -OCH3 is 1. The Labute approximate surface area is 126 Å². The topological polar surface area (TPSA) is 57.7 Å². The van der Waals surface area contributed by atoms with E-state index in [2.05, 4.69) is 19.2 Å². The summed E-state index contributed by atoms with van der Waals surface area (Å²) in [7, 11) is 0.854. The summed E-state index contributed by atoms with van der Waals surface area (Å²) in [5, 5.41) is 0. The Morgan fingerprint density at radius 2 is 1.83 bits per heavy atom. The molecule has 1 aromatic rings. The van der Waals surface area contributed by atoms with Gasteiger partial charge in [-0.15, -0.1) is 13.2 Å². The summed E-state index contributed by atoms with van der Waals surface area (Å²) in [4.78, 5) is 14.4. The van der Waals surface area contributed by atoms with E-state index in [1.54, 1.807) is 0 Å². The summed E-state index contributed by atoms with van der Waals surface area (Å²) in [6.45, 7) is 1.32. The molecular formula is C12H11F6NO4. The van der Waals surface area contributed by atoms with Crippen LogP contribution < -0.4 is 9.47 Å². The first-order valence-electron chi connectivity index (χ1n) is 6.04. The Morgan fingerprint density at radius 1 is 1.22 bits per heavy atom. The van der Waals surface area contributed by atoms with Crippen LogP contribution in [0.25, 0.3) is 0 Å². The van der Waals surface area contributed by atoms with Gasteiger partial charge in [-0.05, 0) is 6.92 Å². The number of carbonyl (C=O) groups excluding carboxylic acids is 1. The van der Waals surface area contributed by atoms with E-state index in [0.29, 0.717) is 0 Å². The van der Waals surface area contributed by atoms with Gasteiger partial charge in [0, 0.05) is 6.07 Å². The average molecular weight is 347 g/mol. The zero-order valence-corrected chi connectivity index (χ0v) is 11.8. The molecule has 130 valence electrons. The van der Waals surface area contributed by atoms with Gasteiger partial charge in [0.05, 0.1) is 25.8 Å². The molecule has 0 bridgehead atoms. The maximum absolute atomic E-state index is 12.7. The molecule has 0 saturated heterocycles. The lowest BCUT2D eigenvalue weighted by Crippen LogP contribution is -2.21. The molecule has 0 N–H and O–H groups in total. The van der Waals surface area contributed by atoms with Gasteiger partial charge in [0.1, 0.15) is 5.69 Å². The average Bonchev–Trinajstić information content (AvgIpc) is 2.37. The highest BCUT2D eigenvalue weighted by Crippen LogP contribution is 2.39. The first kappa shape index (κ1) is 18.8. The lowest BCUT2D eigenvalue weighted by molar-refractivity contribution is -0.275. The minimum absolute atomic E-state index is 0.107. The number of halogens is 6. The first-order valence-corrected chi connectivity index (χ1v) is 6.04. The maximum Gasteiger partial charge on any atom is 0.573 e. The fraction of sp³-hybridized carbons (Fsp3) is 0.500. The molecule has 0 spiro atoms. The quantitative estimate of drug-likeness (QED) is 0.605. The molecule has 0 fully saturated rings. The molecule has 1 aromatic heterocycles. The number of alkyl halides is 6. The molecular weight excluding hydrogens is 336 g/mol. The van der Waals surface area contributed by atoms with Crippen molar-refractivity contribution in [2.24, 2.45) is 0 Å². The van der Waals surface area contributed by atoms with Crippen molar-refractivity contribution >= 4 is 5.97 Å². The summed E-state index contributed by atoms with van der Waals surface area (Å²) < 4.78 is 88.1. The van der Waals surface area contributed by atoms with Crippen LogP contribution in [0.2, 0.25) is 0 Å².